The third-order valence-electron chi connectivity index (χ3n) is 5.57. The molecule has 0 unspecified atom stereocenters. The summed E-state index contributed by atoms with van der Waals surface area (Å²) in [4.78, 5) is 3.53. The van der Waals surface area contributed by atoms with Crippen molar-refractivity contribution in [1.29, 1.82) is 0 Å². The van der Waals surface area contributed by atoms with Crippen LogP contribution in [0.4, 0.5) is 0 Å². The van der Waals surface area contributed by atoms with E-state index in [0.29, 0.717) is 0 Å². The lowest BCUT2D eigenvalue weighted by atomic mass is 10.2. The molecule has 27 heavy (non-hydrogen) atoms. The van der Waals surface area contributed by atoms with Gasteiger partial charge in [-0.25, -0.2) is 0 Å². The largest absolute Gasteiger partial charge is 1.00 e. The molecule has 0 aliphatic carbocycles. The molecule has 0 saturated carbocycles. The highest BCUT2D eigenvalue weighted by molar-refractivity contribution is 5.79. The third kappa shape index (κ3) is 5.73. The van der Waals surface area contributed by atoms with Crippen molar-refractivity contribution in [2.24, 2.45) is 0 Å². The Morgan fingerprint density at radius 1 is 0.741 bits per heavy atom. The summed E-state index contributed by atoms with van der Waals surface area (Å²) in [5, 5.41) is 1.35. The number of fused-ring (bicyclic) bond motifs is 1. The number of halogens is 2. The van der Waals surface area contributed by atoms with E-state index in [9.17, 15) is 0 Å². The van der Waals surface area contributed by atoms with Gasteiger partial charge in [-0.05, 0) is 17.5 Å². The molecule has 3 aromatic rings. The molecule has 5 heteroatoms. The van der Waals surface area contributed by atoms with E-state index in [1.165, 1.54) is 62.2 Å². The highest BCUT2D eigenvalue weighted by Gasteiger charge is 2.22. The van der Waals surface area contributed by atoms with Gasteiger partial charge in [0.05, 0.1) is 6.54 Å². The molecular formula is C22H29Cl2N3. The summed E-state index contributed by atoms with van der Waals surface area (Å²) < 4.78 is 2.41. The van der Waals surface area contributed by atoms with Crippen LogP contribution in [0.15, 0.2) is 66.9 Å². The highest BCUT2D eigenvalue weighted by Crippen LogP contribution is 2.14. The number of nitrogens with zero attached hydrogens (tertiary/aromatic N) is 1. The molecule has 0 amide bonds. The monoisotopic (exact) mass is 405 g/mol. The number of quaternary nitrogens is 2. The van der Waals surface area contributed by atoms with Crippen LogP contribution in [0.3, 0.4) is 0 Å². The van der Waals surface area contributed by atoms with Gasteiger partial charge >= 0.3 is 0 Å². The fraction of sp³-hybridized carbons (Fsp3) is 0.364. The van der Waals surface area contributed by atoms with E-state index in [4.69, 9.17) is 0 Å². The zero-order valence-corrected chi connectivity index (χ0v) is 17.2. The molecule has 3 nitrogen and oxygen atoms in total. The summed E-state index contributed by atoms with van der Waals surface area (Å²) in [6.45, 7) is 8.85. The first-order valence-corrected chi connectivity index (χ1v) is 9.63. The fourth-order valence-electron chi connectivity index (χ4n) is 4.10. The van der Waals surface area contributed by atoms with Gasteiger partial charge < -0.3 is 39.2 Å². The van der Waals surface area contributed by atoms with Crippen LogP contribution in [-0.4, -0.2) is 37.3 Å². The second-order valence-electron chi connectivity index (χ2n) is 7.33. The number of rotatable bonds is 6. The van der Waals surface area contributed by atoms with E-state index >= 15 is 0 Å². The Balaban J connectivity index is 0.00000131. The zero-order chi connectivity index (χ0) is 16.9. The van der Waals surface area contributed by atoms with E-state index in [1.807, 2.05) is 0 Å². The minimum Gasteiger partial charge on any atom is -1.00 e. The predicted octanol–water partition coefficient (Wildman–Crippen LogP) is -4.98. The van der Waals surface area contributed by atoms with Crippen molar-refractivity contribution in [3.63, 3.8) is 0 Å². The Kier molecular flexibility index (Phi) is 8.65. The summed E-state index contributed by atoms with van der Waals surface area (Å²) in [6, 6.07) is 21.8. The first-order valence-electron chi connectivity index (χ1n) is 9.63. The molecule has 1 aliphatic rings. The first kappa shape index (κ1) is 21.8. The Morgan fingerprint density at radius 3 is 2.19 bits per heavy atom. The highest BCUT2D eigenvalue weighted by atomic mass is 35.5. The predicted molar refractivity (Wildman–Crippen MR) is 103 cm³/mol. The number of aryl methyl sites for hydroxylation is 1. The molecule has 1 aliphatic heterocycles. The van der Waals surface area contributed by atoms with Crippen molar-refractivity contribution < 1.29 is 34.6 Å². The van der Waals surface area contributed by atoms with Gasteiger partial charge in [-0.15, -0.1) is 0 Å². The van der Waals surface area contributed by atoms with Gasteiger partial charge in [-0.3, -0.25) is 0 Å². The Hall–Kier alpha value is -1.52. The maximum Gasteiger partial charge on any atom is 0.127 e. The van der Waals surface area contributed by atoms with Crippen molar-refractivity contribution in [2.45, 2.75) is 19.5 Å². The van der Waals surface area contributed by atoms with E-state index in [1.54, 1.807) is 9.80 Å². The van der Waals surface area contributed by atoms with E-state index in [-0.39, 0.29) is 24.8 Å². The van der Waals surface area contributed by atoms with Crippen LogP contribution in [0.1, 0.15) is 12.0 Å². The van der Waals surface area contributed by atoms with E-state index in [0.717, 1.165) is 6.54 Å². The van der Waals surface area contributed by atoms with Crippen LogP contribution in [0.25, 0.3) is 10.9 Å². The number of nitrogens with one attached hydrogen (secondary N) is 2. The van der Waals surface area contributed by atoms with E-state index in [2.05, 4.69) is 71.4 Å². The molecule has 1 fully saturated rings. The molecule has 0 bridgehead atoms. The molecule has 0 atom stereocenters. The molecule has 4 rings (SSSR count). The molecule has 0 radical (unpaired) electrons. The Labute approximate surface area is 174 Å². The van der Waals surface area contributed by atoms with Crippen molar-refractivity contribution in [3.05, 3.63) is 72.4 Å². The van der Waals surface area contributed by atoms with Gasteiger partial charge in [0.1, 0.15) is 32.7 Å². The van der Waals surface area contributed by atoms with Crippen molar-refractivity contribution in [2.75, 3.05) is 32.7 Å². The summed E-state index contributed by atoms with van der Waals surface area (Å²) in [6.07, 6.45) is 3.50. The summed E-state index contributed by atoms with van der Waals surface area (Å²) in [7, 11) is 0. The summed E-state index contributed by atoms with van der Waals surface area (Å²) in [5.74, 6) is 0. The average Bonchev–Trinajstić information content (AvgIpc) is 3.07. The number of piperazine rings is 1. The number of benzene rings is 2. The molecule has 1 saturated heterocycles. The Bertz CT molecular complexity index is 795. The molecule has 146 valence electrons. The molecule has 0 spiro atoms. The van der Waals surface area contributed by atoms with Gasteiger partial charge in [-0.1, -0.05) is 48.5 Å². The van der Waals surface area contributed by atoms with Crippen LogP contribution < -0.4 is 34.6 Å². The minimum atomic E-state index is 0. The number of aromatic nitrogens is 1. The van der Waals surface area contributed by atoms with Gasteiger partial charge in [0.15, 0.2) is 0 Å². The normalized spacial score (nSPS) is 19.3. The molecule has 2 N–H and O–H groups in total. The maximum absolute atomic E-state index is 2.41. The minimum absolute atomic E-state index is 0. The maximum atomic E-state index is 2.41. The number of para-hydroxylation sites is 1. The second-order valence-corrected chi connectivity index (χ2v) is 7.33. The van der Waals surface area contributed by atoms with Crippen molar-refractivity contribution >= 4 is 10.9 Å². The van der Waals surface area contributed by atoms with Gasteiger partial charge in [0, 0.05) is 30.2 Å². The average molecular weight is 406 g/mol. The number of hydrogen-bond donors (Lipinski definition) is 2. The second kappa shape index (κ2) is 10.7. The van der Waals surface area contributed by atoms with Crippen LogP contribution in [0.2, 0.25) is 0 Å². The molecule has 1 aromatic heterocycles. The fourth-order valence-corrected chi connectivity index (χ4v) is 4.10. The van der Waals surface area contributed by atoms with Crippen molar-refractivity contribution in [1.82, 2.24) is 4.57 Å². The smallest absolute Gasteiger partial charge is 0.127 e. The lowest BCUT2D eigenvalue weighted by molar-refractivity contribution is -1.02. The number of hydrogen-bond acceptors (Lipinski definition) is 0. The topological polar surface area (TPSA) is 13.8 Å². The van der Waals surface area contributed by atoms with Gasteiger partial charge in [0.25, 0.3) is 0 Å². The summed E-state index contributed by atoms with van der Waals surface area (Å²) >= 11 is 0. The lowest BCUT2D eigenvalue weighted by Gasteiger charge is -2.29. The van der Waals surface area contributed by atoms with Crippen LogP contribution in [0.5, 0.6) is 0 Å². The van der Waals surface area contributed by atoms with Crippen LogP contribution in [-0.2, 0) is 13.1 Å². The lowest BCUT2D eigenvalue weighted by Crippen LogP contribution is -3.27. The van der Waals surface area contributed by atoms with E-state index < -0.39 is 0 Å². The zero-order valence-electron chi connectivity index (χ0n) is 15.7. The molecule has 2 aromatic carbocycles. The summed E-state index contributed by atoms with van der Waals surface area (Å²) in [5.41, 5.74) is 2.84. The standard InChI is InChI=1S/C22H27N3.2ClH/c1-2-7-20(8-3-1)19-24-17-15-23(16-18-24)12-6-13-25-14-11-21-9-4-5-10-22(21)25;;/h1-5,7-11,14H,6,12-13,15-19H2;2*1H. The van der Waals surface area contributed by atoms with Crippen LogP contribution in [0, 0.1) is 0 Å². The first-order chi connectivity index (χ1) is 12.4. The third-order valence-corrected chi connectivity index (χ3v) is 5.57. The molecule has 2 heterocycles. The van der Waals surface area contributed by atoms with Crippen LogP contribution >= 0.6 is 0 Å². The van der Waals surface area contributed by atoms with Crippen molar-refractivity contribution in [3.8, 4) is 0 Å². The van der Waals surface area contributed by atoms with Gasteiger partial charge in [0.2, 0.25) is 0 Å². The van der Waals surface area contributed by atoms with Gasteiger partial charge in [-0.2, -0.15) is 0 Å². The Morgan fingerprint density at radius 2 is 1.41 bits per heavy atom. The molecular weight excluding hydrogens is 377 g/mol. The SMILES string of the molecule is [Cl-].[Cl-].c1ccc(C[NH+]2CC[NH+](CCCn3ccc4ccccc43)CC2)cc1. The quantitative estimate of drug-likeness (QED) is 0.408.